The summed E-state index contributed by atoms with van der Waals surface area (Å²) in [5.74, 6) is -0.116. The maximum atomic E-state index is 12.8. The van der Waals surface area contributed by atoms with Crippen molar-refractivity contribution in [2.45, 2.75) is 33.7 Å². The van der Waals surface area contributed by atoms with E-state index in [-0.39, 0.29) is 5.91 Å². The summed E-state index contributed by atoms with van der Waals surface area (Å²) in [6.07, 6.45) is 7.19. The van der Waals surface area contributed by atoms with E-state index in [0.29, 0.717) is 19.5 Å². The highest BCUT2D eigenvalue weighted by Gasteiger charge is 2.13. The topological polar surface area (TPSA) is 61.9 Å². The van der Waals surface area contributed by atoms with Crippen LogP contribution in [0.25, 0.3) is 11.8 Å². The van der Waals surface area contributed by atoms with Crippen molar-refractivity contribution >= 4 is 12.0 Å². The molecule has 0 aliphatic carbocycles. The van der Waals surface area contributed by atoms with Crippen molar-refractivity contribution in [2.24, 2.45) is 0 Å². The predicted molar refractivity (Wildman–Crippen MR) is 119 cm³/mol. The minimum Gasteiger partial charge on any atom is -0.334 e. The molecule has 0 radical (unpaired) electrons. The van der Waals surface area contributed by atoms with Gasteiger partial charge in [-0.25, -0.2) is 0 Å². The van der Waals surface area contributed by atoms with Gasteiger partial charge in [-0.3, -0.25) is 9.78 Å². The molecule has 0 unspecified atom stereocenters. The van der Waals surface area contributed by atoms with Gasteiger partial charge in [0.25, 0.3) is 0 Å². The van der Waals surface area contributed by atoms with Crippen LogP contribution in [-0.2, 0) is 11.3 Å². The highest BCUT2D eigenvalue weighted by molar-refractivity contribution is 5.92. The molecule has 0 aliphatic heterocycles. The van der Waals surface area contributed by atoms with Gasteiger partial charge in [0.15, 0.2) is 0 Å². The SMILES string of the molecule is Cc1ccc(-n2c(C)cc(C=CC(=O)N(CCC#N)Cc3cccnc3)c2C)cc1. The van der Waals surface area contributed by atoms with E-state index in [9.17, 15) is 4.79 Å². The molecule has 0 aliphatic rings. The summed E-state index contributed by atoms with van der Waals surface area (Å²) in [7, 11) is 0. The van der Waals surface area contributed by atoms with Gasteiger partial charge in [0.05, 0.1) is 12.5 Å². The quantitative estimate of drug-likeness (QED) is 0.540. The molecule has 1 amide bonds. The van der Waals surface area contributed by atoms with Crippen molar-refractivity contribution in [1.82, 2.24) is 14.5 Å². The van der Waals surface area contributed by atoms with Crippen LogP contribution in [-0.4, -0.2) is 26.9 Å². The van der Waals surface area contributed by atoms with Crippen molar-refractivity contribution < 1.29 is 4.79 Å². The van der Waals surface area contributed by atoms with Crippen LogP contribution in [0.5, 0.6) is 0 Å². The highest BCUT2D eigenvalue weighted by atomic mass is 16.2. The number of hydrogen-bond donors (Lipinski definition) is 0. The van der Waals surface area contributed by atoms with E-state index in [1.165, 1.54) is 5.56 Å². The Kier molecular flexibility index (Phi) is 6.82. The Morgan fingerprint density at radius 1 is 1.20 bits per heavy atom. The number of aromatic nitrogens is 2. The fourth-order valence-corrected chi connectivity index (χ4v) is 3.48. The molecule has 1 aromatic carbocycles. The zero-order valence-corrected chi connectivity index (χ0v) is 17.7. The lowest BCUT2D eigenvalue weighted by Crippen LogP contribution is -2.29. The molecule has 0 atom stereocenters. The van der Waals surface area contributed by atoms with Crippen molar-refractivity contribution in [2.75, 3.05) is 6.54 Å². The molecule has 30 heavy (non-hydrogen) atoms. The second-order valence-electron chi connectivity index (χ2n) is 7.36. The van der Waals surface area contributed by atoms with Crippen LogP contribution in [0.1, 0.15) is 34.5 Å². The average Bonchev–Trinajstić information content (AvgIpc) is 3.04. The van der Waals surface area contributed by atoms with Crippen LogP contribution in [0.15, 0.2) is 60.9 Å². The second-order valence-corrected chi connectivity index (χ2v) is 7.36. The number of carbonyl (C=O) groups is 1. The van der Waals surface area contributed by atoms with E-state index in [1.807, 2.05) is 18.2 Å². The van der Waals surface area contributed by atoms with Crippen molar-refractivity contribution in [1.29, 1.82) is 5.26 Å². The molecule has 0 bridgehead atoms. The van der Waals surface area contributed by atoms with Crippen LogP contribution in [0.2, 0.25) is 0 Å². The first-order chi connectivity index (χ1) is 14.5. The number of amides is 1. The smallest absolute Gasteiger partial charge is 0.246 e. The number of nitrogens with zero attached hydrogens (tertiary/aromatic N) is 4. The van der Waals surface area contributed by atoms with E-state index >= 15 is 0 Å². The fourth-order valence-electron chi connectivity index (χ4n) is 3.48. The molecule has 2 aromatic heterocycles. The van der Waals surface area contributed by atoms with Crippen molar-refractivity contribution in [3.8, 4) is 11.8 Å². The molecule has 0 N–H and O–H groups in total. The van der Waals surface area contributed by atoms with Gasteiger partial charge in [-0.05, 0) is 62.2 Å². The minimum atomic E-state index is -0.116. The van der Waals surface area contributed by atoms with Crippen molar-refractivity contribution in [3.05, 3.63) is 89.0 Å². The molecule has 152 valence electrons. The second kappa shape index (κ2) is 9.71. The molecule has 0 saturated carbocycles. The van der Waals surface area contributed by atoms with Crippen molar-refractivity contribution in [3.63, 3.8) is 0 Å². The largest absolute Gasteiger partial charge is 0.334 e. The molecule has 3 rings (SSSR count). The summed E-state index contributed by atoms with van der Waals surface area (Å²) in [6.45, 7) is 7.01. The standard InChI is InChI=1S/C25H26N4O/c1-19-7-10-24(11-8-19)29-20(2)16-23(21(29)3)9-12-25(30)28(15-5-13-26)18-22-6-4-14-27-17-22/h4,6-12,14,16-17H,5,15,18H2,1-3H3. The lowest BCUT2D eigenvalue weighted by atomic mass is 10.2. The Labute approximate surface area is 177 Å². The number of aryl methyl sites for hydroxylation is 2. The molecule has 0 fully saturated rings. The molecule has 2 heterocycles. The number of benzene rings is 1. The van der Waals surface area contributed by atoms with Crippen LogP contribution < -0.4 is 0 Å². The van der Waals surface area contributed by atoms with Crippen LogP contribution in [0, 0.1) is 32.1 Å². The van der Waals surface area contributed by atoms with E-state index < -0.39 is 0 Å². The number of carbonyl (C=O) groups excluding carboxylic acids is 1. The van der Waals surface area contributed by atoms with Gasteiger partial charge >= 0.3 is 0 Å². The summed E-state index contributed by atoms with van der Waals surface area (Å²) < 4.78 is 2.19. The molecule has 0 spiro atoms. The third-order valence-corrected chi connectivity index (χ3v) is 5.07. The molecule has 5 nitrogen and oxygen atoms in total. The van der Waals surface area contributed by atoms with E-state index in [1.54, 1.807) is 23.4 Å². The van der Waals surface area contributed by atoms with Gasteiger partial charge in [0.2, 0.25) is 5.91 Å². The van der Waals surface area contributed by atoms with Crippen LogP contribution in [0.3, 0.4) is 0 Å². The molecule has 3 aromatic rings. The maximum absolute atomic E-state index is 12.8. The first kappa shape index (κ1) is 21.1. The lowest BCUT2D eigenvalue weighted by molar-refractivity contribution is -0.126. The summed E-state index contributed by atoms with van der Waals surface area (Å²) in [5.41, 5.74) is 6.46. The zero-order valence-electron chi connectivity index (χ0n) is 17.7. The number of hydrogen-bond acceptors (Lipinski definition) is 3. The third kappa shape index (κ3) is 5.03. The number of pyridine rings is 1. The van der Waals surface area contributed by atoms with Crippen LogP contribution in [0.4, 0.5) is 0 Å². The summed E-state index contributed by atoms with van der Waals surface area (Å²) in [6, 6.07) is 16.4. The Balaban J connectivity index is 1.80. The first-order valence-electron chi connectivity index (χ1n) is 9.98. The lowest BCUT2D eigenvalue weighted by Gasteiger charge is -2.19. The van der Waals surface area contributed by atoms with Gasteiger partial charge in [0.1, 0.15) is 0 Å². The van der Waals surface area contributed by atoms with E-state index in [0.717, 1.165) is 28.2 Å². The van der Waals surface area contributed by atoms with E-state index in [2.05, 4.69) is 66.7 Å². The Hall–Kier alpha value is -3.65. The average molecular weight is 399 g/mol. The Morgan fingerprint density at radius 2 is 1.97 bits per heavy atom. The molecule has 0 saturated heterocycles. The summed E-state index contributed by atoms with van der Waals surface area (Å²) in [5, 5.41) is 8.94. The minimum absolute atomic E-state index is 0.116. The first-order valence-corrected chi connectivity index (χ1v) is 9.98. The summed E-state index contributed by atoms with van der Waals surface area (Å²) >= 11 is 0. The summed E-state index contributed by atoms with van der Waals surface area (Å²) in [4.78, 5) is 18.6. The Morgan fingerprint density at radius 3 is 2.63 bits per heavy atom. The van der Waals surface area contributed by atoms with Gasteiger partial charge in [-0.2, -0.15) is 5.26 Å². The van der Waals surface area contributed by atoms with Crippen LogP contribution >= 0.6 is 0 Å². The number of rotatable bonds is 7. The monoisotopic (exact) mass is 398 g/mol. The fraction of sp³-hybridized carbons (Fsp3) is 0.240. The highest BCUT2D eigenvalue weighted by Crippen LogP contribution is 2.22. The van der Waals surface area contributed by atoms with Gasteiger partial charge in [-0.1, -0.05) is 23.8 Å². The molecular formula is C25H26N4O. The van der Waals surface area contributed by atoms with Gasteiger partial charge < -0.3 is 9.47 Å². The van der Waals surface area contributed by atoms with Gasteiger partial charge in [-0.15, -0.1) is 0 Å². The normalized spacial score (nSPS) is 10.9. The third-order valence-electron chi connectivity index (χ3n) is 5.07. The molecular weight excluding hydrogens is 372 g/mol. The Bertz CT molecular complexity index is 1070. The maximum Gasteiger partial charge on any atom is 0.246 e. The van der Waals surface area contributed by atoms with Gasteiger partial charge in [0, 0.05) is 48.6 Å². The zero-order chi connectivity index (χ0) is 21.5. The predicted octanol–water partition coefficient (Wildman–Crippen LogP) is 4.75. The van der Waals surface area contributed by atoms with E-state index in [4.69, 9.17) is 5.26 Å². The molecule has 5 heteroatoms. The number of nitriles is 1.